The third-order valence-corrected chi connectivity index (χ3v) is 5.27. The van der Waals surface area contributed by atoms with Crippen LogP contribution < -0.4 is 10.1 Å². The molecule has 4 aromatic rings. The fourth-order valence-corrected chi connectivity index (χ4v) is 3.44. The van der Waals surface area contributed by atoms with Crippen LogP contribution in [0, 0.1) is 18.6 Å². The number of pyridine rings is 1. The molecule has 0 aliphatic carbocycles. The molecule has 170 valence electrons. The number of benzene rings is 1. The maximum Gasteiger partial charge on any atom is 0.271 e. The van der Waals surface area contributed by atoms with E-state index in [4.69, 9.17) is 4.74 Å². The summed E-state index contributed by atoms with van der Waals surface area (Å²) in [6, 6.07) is 6.81. The summed E-state index contributed by atoms with van der Waals surface area (Å²) in [7, 11) is 0. The van der Waals surface area contributed by atoms with E-state index in [1.807, 2.05) is 0 Å². The van der Waals surface area contributed by atoms with Crippen LogP contribution in [0.4, 0.5) is 8.78 Å². The number of imidazole rings is 1. The second-order valence-electron chi connectivity index (χ2n) is 7.64. The molecule has 3 aromatic heterocycles. The summed E-state index contributed by atoms with van der Waals surface area (Å²) in [6.45, 7) is 2.53. The van der Waals surface area contributed by atoms with E-state index in [0.717, 1.165) is 12.1 Å². The zero-order valence-corrected chi connectivity index (χ0v) is 17.9. The van der Waals surface area contributed by atoms with Crippen LogP contribution in [-0.2, 0) is 12.1 Å². The average molecular weight is 453 g/mol. The number of ether oxygens (including phenoxy) is 1. The Morgan fingerprint density at radius 3 is 2.64 bits per heavy atom. The second kappa shape index (κ2) is 8.91. The quantitative estimate of drug-likeness (QED) is 0.446. The Kier molecular flexibility index (Phi) is 6.01. The first-order chi connectivity index (χ1) is 15.8. The summed E-state index contributed by atoms with van der Waals surface area (Å²) in [5.74, 6) is -1.68. The van der Waals surface area contributed by atoms with Crippen LogP contribution in [0.5, 0.6) is 5.75 Å². The number of amides is 1. The van der Waals surface area contributed by atoms with Gasteiger partial charge in [-0.25, -0.2) is 13.8 Å². The molecule has 0 radical (unpaired) electrons. The van der Waals surface area contributed by atoms with Gasteiger partial charge in [-0.05, 0) is 38.1 Å². The molecule has 10 heteroatoms. The number of aliphatic hydroxyl groups is 1. The van der Waals surface area contributed by atoms with Crippen molar-refractivity contribution < 1.29 is 23.4 Å². The molecule has 33 heavy (non-hydrogen) atoms. The number of carbonyl (C=O) groups excluding carboxylic acids is 1. The van der Waals surface area contributed by atoms with Gasteiger partial charge in [-0.1, -0.05) is 6.07 Å². The topological polar surface area (TPSA) is 102 Å². The molecule has 0 aliphatic rings. The predicted octanol–water partition coefficient (Wildman–Crippen LogP) is 2.93. The number of aromatic nitrogens is 4. The number of hydrogen-bond acceptors (Lipinski definition) is 6. The molecule has 0 saturated heterocycles. The average Bonchev–Trinajstić information content (AvgIpc) is 3.16. The van der Waals surface area contributed by atoms with E-state index in [9.17, 15) is 18.7 Å². The highest BCUT2D eigenvalue weighted by atomic mass is 19.1. The Morgan fingerprint density at radius 1 is 1.21 bits per heavy atom. The lowest BCUT2D eigenvalue weighted by Gasteiger charge is -2.27. The van der Waals surface area contributed by atoms with Gasteiger partial charge in [0.05, 0.1) is 29.8 Å². The minimum atomic E-state index is -1.18. The number of rotatable bonds is 7. The fourth-order valence-electron chi connectivity index (χ4n) is 3.44. The van der Waals surface area contributed by atoms with Gasteiger partial charge in [0.1, 0.15) is 29.5 Å². The molecule has 0 bridgehead atoms. The third kappa shape index (κ3) is 4.24. The molecule has 1 atom stereocenters. The van der Waals surface area contributed by atoms with E-state index in [0.29, 0.717) is 17.0 Å². The highest BCUT2D eigenvalue weighted by molar-refractivity contribution is 5.95. The molecule has 0 fully saturated rings. The minimum Gasteiger partial charge on any atom is -0.485 e. The van der Waals surface area contributed by atoms with Crippen molar-refractivity contribution in [1.82, 2.24) is 24.7 Å². The molecule has 1 amide bonds. The van der Waals surface area contributed by atoms with Gasteiger partial charge >= 0.3 is 0 Å². The number of carbonyl (C=O) groups is 1. The largest absolute Gasteiger partial charge is 0.485 e. The molecule has 1 aromatic carbocycles. The molecule has 2 N–H and O–H groups in total. The lowest BCUT2D eigenvalue weighted by molar-refractivity contribution is 0.0837. The van der Waals surface area contributed by atoms with Crippen LogP contribution in [0.25, 0.3) is 5.65 Å². The zero-order chi connectivity index (χ0) is 23.6. The van der Waals surface area contributed by atoms with Gasteiger partial charge in [-0.3, -0.25) is 19.2 Å². The van der Waals surface area contributed by atoms with E-state index in [1.165, 1.54) is 29.1 Å². The lowest BCUT2D eigenvalue weighted by atomic mass is 9.99. The van der Waals surface area contributed by atoms with Crippen molar-refractivity contribution in [3.63, 3.8) is 0 Å². The Balaban J connectivity index is 1.64. The Labute approximate surface area is 187 Å². The lowest BCUT2D eigenvalue weighted by Crippen LogP contribution is -2.47. The summed E-state index contributed by atoms with van der Waals surface area (Å²) in [4.78, 5) is 25.8. The molecular weight excluding hydrogens is 432 g/mol. The van der Waals surface area contributed by atoms with Crippen molar-refractivity contribution in [1.29, 1.82) is 0 Å². The van der Waals surface area contributed by atoms with E-state index in [2.05, 4.69) is 20.3 Å². The normalized spacial score (nSPS) is 13.0. The van der Waals surface area contributed by atoms with Gasteiger partial charge in [-0.15, -0.1) is 0 Å². The summed E-state index contributed by atoms with van der Waals surface area (Å²) < 4.78 is 35.1. The molecule has 0 aliphatic heterocycles. The number of nitrogens with zero attached hydrogens (tertiary/aromatic N) is 4. The summed E-state index contributed by atoms with van der Waals surface area (Å²) in [5.41, 5.74) is -0.0664. The van der Waals surface area contributed by atoms with Crippen molar-refractivity contribution in [3.8, 4) is 5.75 Å². The standard InChI is InChI=1S/C23H21F2N5O3/c1-14-20(22(32)29-23(2,13-31)19-11-26-8-9-27-19)30-10-4-7-18(21(30)28-14)33-12-15-16(24)5-3-6-17(15)25/h3-11,31H,12-13H2,1-2H3,(H,29,32). The van der Waals surface area contributed by atoms with Gasteiger partial charge in [0, 0.05) is 18.6 Å². The van der Waals surface area contributed by atoms with Crippen LogP contribution in [0.3, 0.4) is 0 Å². The Bertz CT molecular complexity index is 1290. The molecule has 4 rings (SSSR count). The molecule has 1 unspecified atom stereocenters. The SMILES string of the molecule is Cc1nc2c(OCc3c(F)cccc3F)cccn2c1C(=O)NC(C)(CO)c1cnccn1. The van der Waals surface area contributed by atoms with Crippen molar-refractivity contribution >= 4 is 11.6 Å². The first-order valence-electron chi connectivity index (χ1n) is 10.1. The van der Waals surface area contributed by atoms with Crippen molar-refractivity contribution in [2.75, 3.05) is 6.61 Å². The summed E-state index contributed by atoms with van der Waals surface area (Å²) >= 11 is 0. The highest BCUT2D eigenvalue weighted by Gasteiger charge is 2.32. The smallest absolute Gasteiger partial charge is 0.271 e. The predicted molar refractivity (Wildman–Crippen MR) is 115 cm³/mol. The van der Waals surface area contributed by atoms with E-state index >= 15 is 0 Å². The number of fused-ring (bicyclic) bond motifs is 1. The van der Waals surface area contributed by atoms with Crippen molar-refractivity contribution in [2.24, 2.45) is 0 Å². The molecule has 3 heterocycles. The van der Waals surface area contributed by atoms with Crippen molar-refractivity contribution in [3.05, 3.63) is 89.4 Å². The molecule has 0 saturated carbocycles. The third-order valence-electron chi connectivity index (χ3n) is 5.27. The first-order valence-corrected chi connectivity index (χ1v) is 10.1. The molecule has 0 spiro atoms. The van der Waals surface area contributed by atoms with E-state index < -0.39 is 29.7 Å². The number of aliphatic hydroxyl groups excluding tert-OH is 1. The number of aryl methyl sites for hydroxylation is 1. The van der Waals surface area contributed by atoms with E-state index in [1.54, 1.807) is 32.2 Å². The highest BCUT2D eigenvalue weighted by Crippen LogP contribution is 2.25. The van der Waals surface area contributed by atoms with Gasteiger partial charge in [0.15, 0.2) is 11.4 Å². The Hall–Kier alpha value is -3.92. The summed E-state index contributed by atoms with van der Waals surface area (Å²) in [6.07, 6.45) is 6.05. The van der Waals surface area contributed by atoms with E-state index in [-0.39, 0.29) is 23.6 Å². The van der Waals surface area contributed by atoms with Crippen molar-refractivity contribution in [2.45, 2.75) is 26.0 Å². The molecular formula is C23H21F2N5O3. The van der Waals surface area contributed by atoms with Gasteiger partial charge in [-0.2, -0.15) is 0 Å². The van der Waals surface area contributed by atoms with Crippen LogP contribution >= 0.6 is 0 Å². The van der Waals surface area contributed by atoms with Crippen LogP contribution in [0.2, 0.25) is 0 Å². The van der Waals surface area contributed by atoms with Crippen LogP contribution in [0.15, 0.2) is 55.1 Å². The van der Waals surface area contributed by atoms with Gasteiger partial charge in [0.2, 0.25) is 0 Å². The zero-order valence-electron chi connectivity index (χ0n) is 17.9. The maximum absolute atomic E-state index is 13.9. The second-order valence-corrected chi connectivity index (χ2v) is 7.64. The van der Waals surface area contributed by atoms with Crippen LogP contribution in [-0.4, -0.2) is 37.0 Å². The maximum atomic E-state index is 13.9. The fraction of sp³-hybridized carbons (Fsp3) is 0.217. The Morgan fingerprint density at radius 2 is 1.97 bits per heavy atom. The first kappa shape index (κ1) is 22.3. The molecule has 8 nitrogen and oxygen atoms in total. The number of nitrogens with one attached hydrogen (secondary N) is 1. The van der Waals surface area contributed by atoms with Crippen LogP contribution in [0.1, 0.15) is 34.4 Å². The minimum absolute atomic E-state index is 0.205. The van der Waals surface area contributed by atoms with Gasteiger partial charge in [0.25, 0.3) is 5.91 Å². The van der Waals surface area contributed by atoms with Gasteiger partial charge < -0.3 is 15.2 Å². The number of hydrogen-bond donors (Lipinski definition) is 2. The summed E-state index contributed by atoms with van der Waals surface area (Å²) in [5, 5.41) is 12.7. The number of halogens is 2. The monoisotopic (exact) mass is 453 g/mol.